The highest BCUT2D eigenvalue weighted by atomic mass is 35.5. The summed E-state index contributed by atoms with van der Waals surface area (Å²) in [5.41, 5.74) is 2.00. The van der Waals surface area contributed by atoms with Gasteiger partial charge in [0.25, 0.3) is 0 Å². The molecule has 4 heteroatoms. The molecule has 86 valence electrons. The van der Waals surface area contributed by atoms with Crippen molar-refractivity contribution in [1.29, 1.82) is 0 Å². The first kappa shape index (κ1) is 11.4. The predicted molar refractivity (Wildman–Crippen MR) is 66.0 cm³/mol. The van der Waals surface area contributed by atoms with Crippen LogP contribution in [0.4, 0.5) is 5.69 Å². The molecule has 1 fully saturated rings. The molecular weight excluding hydrogens is 224 g/mol. The quantitative estimate of drug-likeness (QED) is 0.855. The zero-order valence-electron chi connectivity index (χ0n) is 9.46. The Bertz CT molecular complexity index is 419. The maximum atomic E-state index is 12.0. The van der Waals surface area contributed by atoms with Gasteiger partial charge in [-0.05, 0) is 38.1 Å². The monoisotopic (exact) mass is 238 g/mol. The smallest absolute Gasteiger partial charge is 0.244 e. The Labute approximate surface area is 100 Å². The van der Waals surface area contributed by atoms with E-state index in [1.807, 2.05) is 37.1 Å². The third-order valence-corrected chi connectivity index (χ3v) is 3.25. The molecule has 0 radical (unpaired) electrons. The van der Waals surface area contributed by atoms with E-state index in [4.69, 9.17) is 11.6 Å². The highest BCUT2D eigenvalue weighted by Gasteiger charge is 2.31. The Morgan fingerprint density at radius 1 is 1.50 bits per heavy atom. The van der Waals surface area contributed by atoms with Crippen LogP contribution < -0.4 is 10.2 Å². The van der Waals surface area contributed by atoms with Crippen molar-refractivity contribution in [1.82, 2.24) is 5.32 Å². The number of benzene rings is 1. The van der Waals surface area contributed by atoms with E-state index in [1.165, 1.54) is 0 Å². The second-order valence-electron chi connectivity index (χ2n) is 4.05. The number of nitrogens with zero attached hydrogens (tertiary/aromatic N) is 1. The summed E-state index contributed by atoms with van der Waals surface area (Å²) < 4.78 is 0. The van der Waals surface area contributed by atoms with Crippen molar-refractivity contribution in [2.45, 2.75) is 19.4 Å². The SMILES string of the molecule is CNC1CCN(c2cc(Cl)ccc2C)C1=O. The third-order valence-electron chi connectivity index (χ3n) is 3.02. The standard InChI is InChI=1S/C12H15ClN2O/c1-8-3-4-9(13)7-11(8)15-6-5-10(14-2)12(15)16/h3-4,7,10,14H,5-6H2,1-2H3. The molecule has 0 aliphatic carbocycles. The van der Waals surface area contributed by atoms with Crippen molar-refractivity contribution in [3.8, 4) is 0 Å². The molecule has 16 heavy (non-hydrogen) atoms. The summed E-state index contributed by atoms with van der Waals surface area (Å²) in [6.45, 7) is 2.75. The Morgan fingerprint density at radius 3 is 2.88 bits per heavy atom. The van der Waals surface area contributed by atoms with Gasteiger partial charge in [0.2, 0.25) is 5.91 Å². The minimum absolute atomic E-state index is 0.0571. The molecule has 1 saturated heterocycles. The highest BCUT2D eigenvalue weighted by molar-refractivity contribution is 6.31. The molecule has 0 aromatic heterocycles. The van der Waals surface area contributed by atoms with Crippen molar-refractivity contribution >= 4 is 23.2 Å². The number of carbonyl (C=O) groups excluding carboxylic acids is 1. The predicted octanol–water partition coefficient (Wildman–Crippen LogP) is 1.97. The highest BCUT2D eigenvalue weighted by Crippen LogP contribution is 2.27. The van der Waals surface area contributed by atoms with Crippen molar-refractivity contribution in [2.75, 3.05) is 18.5 Å². The number of nitrogens with one attached hydrogen (secondary N) is 1. The van der Waals surface area contributed by atoms with Gasteiger partial charge in [0, 0.05) is 17.3 Å². The Hall–Kier alpha value is -1.06. The van der Waals surface area contributed by atoms with E-state index >= 15 is 0 Å². The zero-order chi connectivity index (χ0) is 11.7. The fourth-order valence-corrected chi connectivity index (χ4v) is 2.23. The van der Waals surface area contributed by atoms with Crippen LogP contribution in [0.25, 0.3) is 0 Å². The molecular formula is C12H15ClN2O. The fraction of sp³-hybridized carbons (Fsp3) is 0.417. The van der Waals surface area contributed by atoms with Gasteiger partial charge in [0.15, 0.2) is 0 Å². The molecule has 1 amide bonds. The van der Waals surface area contributed by atoms with Gasteiger partial charge < -0.3 is 10.2 Å². The topological polar surface area (TPSA) is 32.3 Å². The molecule has 2 rings (SSSR count). The molecule has 1 heterocycles. The van der Waals surface area contributed by atoms with Gasteiger partial charge in [-0.2, -0.15) is 0 Å². The number of halogens is 1. The lowest BCUT2D eigenvalue weighted by molar-refractivity contribution is -0.118. The van der Waals surface area contributed by atoms with Crippen LogP contribution in [0.15, 0.2) is 18.2 Å². The van der Waals surface area contributed by atoms with Gasteiger partial charge in [0.1, 0.15) is 0 Å². The van der Waals surface area contributed by atoms with Crippen LogP contribution >= 0.6 is 11.6 Å². The van der Waals surface area contributed by atoms with Crippen LogP contribution in [-0.2, 0) is 4.79 Å². The maximum absolute atomic E-state index is 12.0. The molecule has 0 saturated carbocycles. The van der Waals surface area contributed by atoms with E-state index < -0.39 is 0 Å². The van der Waals surface area contributed by atoms with Crippen LogP contribution in [0.1, 0.15) is 12.0 Å². The summed E-state index contributed by atoms with van der Waals surface area (Å²) in [7, 11) is 1.82. The number of carbonyl (C=O) groups is 1. The van der Waals surface area contributed by atoms with E-state index in [2.05, 4.69) is 5.32 Å². The number of hydrogen-bond donors (Lipinski definition) is 1. The number of aryl methyl sites for hydroxylation is 1. The Morgan fingerprint density at radius 2 is 2.25 bits per heavy atom. The second-order valence-corrected chi connectivity index (χ2v) is 4.49. The van der Waals surface area contributed by atoms with E-state index in [0.717, 1.165) is 24.2 Å². The number of amides is 1. The van der Waals surface area contributed by atoms with Gasteiger partial charge in [-0.25, -0.2) is 0 Å². The normalized spacial score (nSPS) is 20.6. The van der Waals surface area contributed by atoms with Crippen molar-refractivity contribution in [2.24, 2.45) is 0 Å². The average Bonchev–Trinajstić information content (AvgIpc) is 2.63. The van der Waals surface area contributed by atoms with Crippen LogP contribution in [0.2, 0.25) is 5.02 Å². The van der Waals surface area contributed by atoms with Crippen LogP contribution in [0.5, 0.6) is 0 Å². The Kier molecular flexibility index (Phi) is 3.17. The first-order valence-electron chi connectivity index (χ1n) is 5.38. The first-order valence-corrected chi connectivity index (χ1v) is 5.76. The number of likely N-dealkylation sites (N-methyl/N-ethyl adjacent to an activating group) is 1. The minimum atomic E-state index is -0.0571. The lowest BCUT2D eigenvalue weighted by Gasteiger charge is -2.19. The van der Waals surface area contributed by atoms with E-state index in [-0.39, 0.29) is 11.9 Å². The summed E-state index contributed by atoms with van der Waals surface area (Å²) in [6, 6.07) is 5.58. The third kappa shape index (κ3) is 1.93. The number of rotatable bonds is 2. The summed E-state index contributed by atoms with van der Waals surface area (Å²) in [5.74, 6) is 0.132. The molecule has 0 spiro atoms. The van der Waals surface area contributed by atoms with E-state index in [1.54, 1.807) is 0 Å². The van der Waals surface area contributed by atoms with E-state index in [0.29, 0.717) is 5.02 Å². The molecule has 1 aliphatic heterocycles. The summed E-state index contributed by atoms with van der Waals surface area (Å²) >= 11 is 5.96. The van der Waals surface area contributed by atoms with Crippen LogP contribution in [0.3, 0.4) is 0 Å². The van der Waals surface area contributed by atoms with Crippen molar-refractivity contribution in [3.05, 3.63) is 28.8 Å². The van der Waals surface area contributed by atoms with Gasteiger partial charge in [-0.15, -0.1) is 0 Å². The van der Waals surface area contributed by atoms with E-state index in [9.17, 15) is 4.79 Å². The van der Waals surface area contributed by atoms with Gasteiger partial charge >= 0.3 is 0 Å². The molecule has 1 aliphatic rings. The molecule has 0 bridgehead atoms. The first-order chi connectivity index (χ1) is 7.63. The van der Waals surface area contributed by atoms with Crippen molar-refractivity contribution in [3.63, 3.8) is 0 Å². The van der Waals surface area contributed by atoms with Gasteiger partial charge in [0.05, 0.1) is 6.04 Å². The molecule has 3 nitrogen and oxygen atoms in total. The van der Waals surface area contributed by atoms with Crippen molar-refractivity contribution < 1.29 is 4.79 Å². The fourth-order valence-electron chi connectivity index (χ4n) is 2.06. The largest absolute Gasteiger partial charge is 0.311 e. The molecule has 1 aromatic rings. The number of anilines is 1. The molecule has 1 atom stereocenters. The van der Waals surface area contributed by atoms with Crippen LogP contribution in [0, 0.1) is 6.92 Å². The lowest BCUT2D eigenvalue weighted by atomic mass is 10.2. The summed E-state index contributed by atoms with van der Waals surface area (Å²) in [5, 5.41) is 3.69. The van der Waals surface area contributed by atoms with Gasteiger partial charge in [-0.1, -0.05) is 17.7 Å². The Balaban J connectivity index is 2.32. The van der Waals surface area contributed by atoms with Crippen LogP contribution in [-0.4, -0.2) is 25.5 Å². The zero-order valence-corrected chi connectivity index (χ0v) is 10.2. The second kappa shape index (κ2) is 4.44. The maximum Gasteiger partial charge on any atom is 0.244 e. The average molecular weight is 239 g/mol. The van der Waals surface area contributed by atoms with Gasteiger partial charge in [-0.3, -0.25) is 4.79 Å². The number of hydrogen-bond acceptors (Lipinski definition) is 2. The minimum Gasteiger partial charge on any atom is -0.311 e. The molecule has 1 N–H and O–H groups in total. The summed E-state index contributed by atoms with van der Waals surface area (Å²) in [4.78, 5) is 13.8. The molecule has 1 aromatic carbocycles. The lowest BCUT2D eigenvalue weighted by Crippen LogP contribution is -2.36. The molecule has 1 unspecified atom stereocenters. The summed E-state index contributed by atoms with van der Waals surface area (Å²) in [6.07, 6.45) is 0.848.